The third kappa shape index (κ3) is 3.35. The molecule has 0 saturated heterocycles. The van der Waals surface area contributed by atoms with Gasteiger partial charge in [0.1, 0.15) is 0 Å². The minimum Gasteiger partial charge on any atom is -0.289 e. The Balaban J connectivity index is 2.68. The van der Waals surface area contributed by atoms with Crippen LogP contribution in [0.2, 0.25) is 0 Å². The Hall–Kier alpha value is -1.35. The van der Waals surface area contributed by atoms with Gasteiger partial charge in [-0.05, 0) is 36.8 Å². The number of carbonyl (C=O) groups excluding carboxylic acids is 1. The summed E-state index contributed by atoms with van der Waals surface area (Å²) in [4.78, 5) is 11.0. The van der Waals surface area contributed by atoms with E-state index in [1.807, 2.05) is 12.1 Å². The molecule has 0 aliphatic rings. The van der Waals surface area contributed by atoms with Crippen LogP contribution in [0.3, 0.4) is 0 Å². The maximum atomic E-state index is 11.0. The highest BCUT2D eigenvalue weighted by Crippen LogP contribution is 2.27. The lowest BCUT2D eigenvalue weighted by Gasteiger charge is -2.17. The Morgan fingerprint density at radius 3 is 2.69 bits per heavy atom. The van der Waals surface area contributed by atoms with Crippen LogP contribution in [0.5, 0.6) is 0 Å². The van der Waals surface area contributed by atoms with Crippen molar-refractivity contribution in [2.45, 2.75) is 39.0 Å². The second-order valence-electron chi connectivity index (χ2n) is 4.04. The topological polar surface area (TPSA) is 49.3 Å². The van der Waals surface area contributed by atoms with Crippen molar-refractivity contribution in [3.05, 3.63) is 35.4 Å². The average Bonchev–Trinajstić information content (AvgIpc) is 2.31. The maximum Gasteiger partial charge on any atom is 0.243 e. The van der Waals surface area contributed by atoms with Gasteiger partial charge in [-0.2, -0.15) is 0 Å². The molecule has 88 valence electrons. The molecule has 0 aliphatic heterocycles. The van der Waals surface area contributed by atoms with Crippen LogP contribution in [0, 0.1) is 6.92 Å². The molecule has 0 fully saturated rings. The van der Waals surface area contributed by atoms with Gasteiger partial charge in [-0.15, -0.1) is 0 Å². The second-order valence-corrected chi connectivity index (χ2v) is 4.04. The van der Waals surface area contributed by atoms with Gasteiger partial charge in [0.2, 0.25) is 5.91 Å². The molecule has 16 heavy (non-hydrogen) atoms. The molecule has 0 aromatic heterocycles. The summed E-state index contributed by atoms with van der Waals surface area (Å²) in [5.41, 5.74) is 4.24. The number of carbonyl (C=O) groups is 1. The van der Waals surface area contributed by atoms with Crippen molar-refractivity contribution in [1.29, 1.82) is 0 Å². The number of hydrogen-bond donors (Lipinski definition) is 2. The van der Waals surface area contributed by atoms with E-state index in [4.69, 9.17) is 5.21 Å². The number of amides is 1. The van der Waals surface area contributed by atoms with Crippen LogP contribution in [-0.2, 0) is 4.79 Å². The van der Waals surface area contributed by atoms with Crippen LogP contribution in [0.4, 0.5) is 0 Å². The van der Waals surface area contributed by atoms with Crippen molar-refractivity contribution in [1.82, 2.24) is 5.48 Å². The summed E-state index contributed by atoms with van der Waals surface area (Å²) in [5.74, 6) is 0.0746. The third-order valence-electron chi connectivity index (χ3n) is 2.97. The van der Waals surface area contributed by atoms with E-state index in [9.17, 15) is 4.79 Å². The minimum atomic E-state index is -0.313. The van der Waals surface area contributed by atoms with Crippen molar-refractivity contribution in [3.63, 3.8) is 0 Å². The van der Waals surface area contributed by atoms with Crippen LogP contribution in [-0.4, -0.2) is 11.1 Å². The van der Waals surface area contributed by atoms with Gasteiger partial charge in [0.05, 0.1) is 0 Å². The number of nitrogens with one attached hydrogen (secondary N) is 1. The molecule has 0 saturated carbocycles. The fourth-order valence-electron chi connectivity index (χ4n) is 1.99. The van der Waals surface area contributed by atoms with Gasteiger partial charge in [-0.3, -0.25) is 10.0 Å². The third-order valence-corrected chi connectivity index (χ3v) is 2.97. The van der Waals surface area contributed by atoms with Gasteiger partial charge in [-0.1, -0.05) is 31.2 Å². The lowest BCUT2D eigenvalue weighted by atomic mass is 9.89. The Morgan fingerprint density at radius 2 is 2.12 bits per heavy atom. The largest absolute Gasteiger partial charge is 0.289 e. The summed E-state index contributed by atoms with van der Waals surface area (Å²) in [6, 6.07) is 8.24. The standard InChI is InChI=1S/C13H19NO2/c1-3-11(8-9-13(15)14-16)12-7-5-4-6-10(12)2/h4-7,11,16H,3,8-9H2,1-2H3,(H,14,15)/t11-/m1/s1. The molecule has 0 spiro atoms. The molecule has 0 unspecified atom stereocenters. The first kappa shape index (κ1) is 12.7. The van der Waals surface area contributed by atoms with Crippen molar-refractivity contribution in [2.24, 2.45) is 0 Å². The number of hydroxylamine groups is 1. The molecule has 1 aromatic rings. The summed E-state index contributed by atoms with van der Waals surface area (Å²) < 4.78 is 0. The smallest absolute Gasteiger partial charge is 0.243 e. The second kappa shape index (κ2) is 6.28. The molecule has 2 N–H and O–H groups in total. The van der Waals surface area contributed by atoms with E-state index in [0.717, 1.165) is 12.8 Å². The van der Waals surface area contributed by atoms with Crippen molar-refractivity contribution < 1.29 is 10.0 Å². The van der Waals surface area contributed by atoms with E-state index in [-0.39, 0.29) is 5.91 Å². The molecular weight excluding hydrogens is 202 g/mol. The Morgan fingerprint density at radius 1 is 1.44 bits per heavy atom. The highest BCUT2D eigenvalue weighted by molar-refractivity contribution is 5.74. The van der Waals surface area contributed by atoms with E-state index in [0.29, 0.717) is 12.3 Å². The van der Waals surface area contributed by atoms with Crippen molar-refractivity contribution in [3.8, 4) is 0 Å². The first-order chi connectivity index (χ1) is 7.69. The highest BCUT2D eigenvalue weighted by Gasteiger charge is 2.13. The van der Waals surface area contributed by atoms with Crippen LogP contribution < -0.4 is 5.48 Å². The zero-order valence-electron chi connectivity index (χ0n) is 9.86. The van der Waals surface area contributed by atoms with E-state index >= 15 is 0 Å². The molecule has 1 atom stereocenters. The Labute approximate surface area is 96.4 Å². The predicted molar refractivity (Wildman–Crippen MR) is 63.4 cm³/mol. The summed E-state index contributed by atoms with van der Waals surface area (Å²) in [6.45, 7) is 4.21. The van der Waals surface area contributed by atoms with Gasteiger partial charge in [0.25, 0.3) is 0 Å². The van der Waals surface area contributed by atoms with Gasteiger partial charge >= 0.3 is 0 Å². The van der Waals surface area contributed by atoms with Gasteiger partial charge < -0.3 is 0 Å². The Bertz CT molecular complexity index is 350. The molecular formula is C13H19NO2. The van der Waals surface area contributed by atoms with Crippen molar-refractivity contribution in [2.75, 3.05) is 0 Å². The maximum absolute atomic E-state index is 11.0. The van der Waals surface area contributed by atoms with Crippen LogP contribution in [0.1, 0.15) is 43.2 Å². The monoisotopic (exact) mass is 221 g/mol. The molecule has 0 aliphatic carbocycles. The van der Waals surface area contributed by atoms with E-state index in [2.05, 4.69) is 26.0 Å². The van der Waals surface area contributed by atoms with Crippen LogP contribution in [0.15, 0.2) is 24.3 Å². The lowest BCUT2D eigenvalue weighted by Crippen LogP contribution is -2.19. The SMILES string of the molecule is CC[C@H](CCC(=O)NO)c1ccccc1C. The number of hydrogen-bond acceptors (Lipinski definition) is 2. The molecule has 0 heterocycles. The Kier molecular flexibility index (Phi) is 4.99. The number of aryl methyl sites for hydroxylation is 1. The van der Waals surface area contributed by atoms with Crippen molar-refractivity contribution >= 4 is 5.91 Å². The molecule has 3 heteroatoms. The fourth-order valence-corrected chi connectivity index (χ4v) is 1.99. The van der Waals surface area contributed by atoms with Crippen LogP contribution in [0.25, 0.3) is 0 Å². The summed E-state index contributed by atoms with van der Waals surface area (Å²) in [6.07, 6.45) is 2.14. The normalized spacial score (nSPS) is 12.2. The lowest BCUT2D eigenvalue weighted by molar-refractivity contribution is -0.129. The first-order valence-corrected chi connectivity index (χ1v) is 5.67. The minimum absolute atomic E-state index is 0.313. The predicted octanol–water partition coefficient (Wildman–Crippen LogP) is 2.77. The first-order valence-electron chi connectivity index (χ1n) is 5.67. The van der Waals surface area contributed by atoms with Gasteiger partial charge in [0.15, 0.2) is 0 Å². The van der Waals surface area contributed by atoms with Crippen LogP contribution >= 0.6 is 0 Å². The molecule has 1 aromatic carbocycles. The summed E-state index contributed by atoms with van der Waals surface area (Å²) in [5, 5.41) is 8.45. The quantitative estimate of drug-likeness (QED) is 0.593. The molecule has 0 radical (unpaired) electrons. The van der Waals surface area contributed by atoms with Gasteiger partial charge in [0, 0.05) is 6.42 Å². The molecule has 0 bridgehead atoms. The zero-order chi connectivity index (χ0) is 12.0. The highest BCUT2D eigenvalue weighted by atomic mass is 16.5. The zero-order valence-corrected chi connectivity index (χ0v) is 9.86. The van der Waals surface area contributed by atoms with E-state index in [1.54, 1.807) is 5.48 Å². The summed E-state index contributed by atoms with van der Waals surface area (Å²) >= 11 is 0. The molecule has 3 nitrogen and oxygen atoms in total. The number of rotatable bonds is 5. The fraction of sp³-hybridized carbons (Fsp3) is 0.462. The molecule has 1 rings (SSSR count). The average molecular weight is 221 g/mol. The van der Waals surface area contributed by atoms with E-state index in [1.165, 1.54) is 11.1 Å². The summed E-state index contributed by atoms with van der Waals surface area (Å²) in [7, 11) is 0. The van der Waals surface area contributed by atoms with Gasteiger partial charge in [-0.25, -0.2) is 5.48 Å². The molecule has 1 amide bonds. The number of benzene rings is 1. The van der Waals surface area contributed by atoms with E-state index < -0.39 is 0 Å².